The Morgan fingerprint density at radius 3 is 2.50 bits per heavy atom. The van der Waals surface area contributed by atoms with Crippen molar-refractivity contribution in [3.63, 3.8) is 0 Å². The third-order valence-electron chi connectivity index (χ3n) is 7.27. The molecule has 0 spiro atoms. The average Bonchev–Trinajstić information content (AvgIpc) is 3.43. The maximum Gasteiger partial charge on any atom is 0.225 e. The zero-order valence-electron chi connectivity index (χ0n) is 21.8. The molecule has 2 saturated carbocycles. The van der Waals surface area contributed by atoms with Gasteiger partial charge in [-0.3, -0.25) is 4.79 Å². The molecule has 0 unspecified atom stereocenters. The van der Waals surface area contributed by atoms with Gasteiger partial charge >= 0.3 is 0 Å². The summed E-state index contributed by atoms with van der Waals surface area (Å²) >= 11 is 0. The molecule has 6 heteroatoms. The van der Waals surface area contributed by atoms with Gasteiger partial charge in [0.1, 0.15) is 11.6 Å². The van der Waals surface area contributed by atoms with Gasteiger partial charge in [-0.25, -0.2) is 0 Å². The number of aryl methyl sites for hydroxylation is 2. The van der Waals surface area contributed by atoms with Crippen LogP contribution in [0.1, 0.15) is 113 Å². The number of rotatable bonds is 10. The number of hydrogen-bond acceptors (Lipinski definition) is 4. The SMILES string of the molecule is Cc1ccc(NC(=O)C[C@H](CC(C)(C)O)c2nnc(C3CC(CC(C)C)C3)n2C2CC2)c(C)c1. The third kappa shape index (κ3) is 6.07. The number of carbonyl (C=O) groups excluding carboxylic acids is 1. The van der Waals surface area contributed by atoms with E-state index in [0.717, 1.165) is 47.6 Å². The normalized spacial score (nSPS) is 21.4. The summed E-state index contributed by atoms with van der Waals surface area (Å²) in [6.45, 7) is 12.3. The van der Waals surface area contributed by atoms with E-state index in [1.54, 1.807) is 0 Å². The summed E-state index contributed by atoms with van der Waals surface area (Å²) in [5.41, 5.74) is 2.17. The minimum absolute atomic E-state index is 0.0475. The molecule has 0 aliphatic heterocycles. The van der Waals surface area contributed by atoms with Crippen molar-refractivity contribution >= 4 is 11.6 Å². The molecule has 34 heavy (non-hydrogen) atoms. The smallest absolute Gasteiger partial charge is 0.225 e. The quantitative estimate of drug-likeness (QED) is 0.447. The molecule has 1 heterocycles. The fraction of sp³-hybridized carbons (Fsp3) is 0.679. The van der Waals surface area contributed by atoms with Gasteiger partial charge in [0.15, 0.2) is 0 Å². The summed E-state index contributed by atoms with van der Waals surface area (Å²) in [7, 11) is 0. The number of benzene rings is 1. The van der Waals surface area contributed by atoms with E-state index in [0.29, 0.717) is 18.4 Å². The minimum atomic E-state index is -0.899. The second-order valence-electron chi connectivity index (χ2n) is 12.0. The van der Waals surface area contributed by atoms with Gasteiger partial charge in [0.2, 0.25) is 5.91 Å². The first-order valence-electron chi connectivity index (χ1n) is 13.0. The van der Waals surface area contributed by atoms with Gasteiger partial charge in [0.25, 0.3) is 0 Å². The predicted octanol–water partition coefficient (Wildman–Crippen LogP) is 6.04. The van der Waals surface area contributed by atoms with Gasteiger partial charge in [-0.05, 0) is 89.7 Å². The zero-order valence-corrected chi connectivity index (χ0v) is 21.8. The van der Waals surface area contributed by atoms with Crippen LogP contribution in [0.3, 0.4) is 0 Å². The Morgan fingerprint density at radius 2 is 1.91 bits per heavy atom. The standard InChI is InChI=1S/C28H42N4O2/c1-17(2)11-20-13-21(14-20)26-30-31-27(32(26)23-8-9-23)22(16-28(5,6)34)15-25(33)29-24-10-7-18(3)12-19(24)4/h7,10,12,17,20-23,34H,8-9,11,13-16H2,1-6H3,(H,29,33)/t20?,21?,22-/m1/s1. The maximum atomic E-state index is 13.1. The summed E-state index contributed by atoms with van der Waals surface area (Å²) in [5.74, 6) is 3.74. The van der Waals surface area contributed by atoms with E-state index < -0.39 is 5.60 Å². The molecule has 4 rings (SSSR count). The minimum Gasteiger partial charge on any atom is -0.390 e. The predicted molar refractivity (Wildman–Crippen MR) is 136 cm³/mol. The van der Waals surface area contributed by atoms with E-state index in [1.807, 2.05) is 39.8 Å². The molecule has 1 atom stereocenters. The van der Waals surface area contributed by atoms with Crippen LogP contribution in [0.4, 0.5) is 5.69 Å². The molecule has 0 saturated heterocycles. The lowest BCUT2D eigenvalue weighted by atomic mass is 9.71. The van der Waals surface area contributed by atoms with Gasteiger partial charge in [0.05, 0.1) is 5.60 Å². The Hall–Kier alpha value is -2.21. The van der Waals surface area contributed by atoms with Crippen molar-refractivity contribution in [2.75, 3.05) is 5.32 Å². The van der Waals surface area contributed by atoms with E-state index in [1.165, 1.54) is 24.8 Å². The highest BCUT2D eigenvalue weighted by atomic mass is 16.3. The first-order chi connectivity index (χ1) is 16.0. The van der Waals surface area contributed by atoms with E-state index in [-0.39, 0.29) is 18.2 Å². The van der Waals surface area contributed by atoms with Crippen molar-refractivity contribution in [1.29, 1.82) is 0 Å². The number of amides is 1. The number of nitrogens with one attached hydrogen (secondary N) is 1. The number of hydrogen-bond donors (Lipinski definition) is 2. The van der Waals surface area contributed by atoms with E-state index in [4.69, 9.17) is 0 Å². The van der Waals surface area contributed by atoms with Gasteiger partial charge in [-0.1, -0.05) is 31.5 Å². The van der Waals surface area contributed by atoms with Crippen LogP contribution in [-0.2, 0) is 4.79 Å². The Labute approximate surface area is 204 Å². The van der Waals surface area contributed by atoms with Gasteiger partial charge < -0.3 is 15.0 Å². The summed E-state index contributed by atoms with van der Waals surface area (Å²) in [4.78, 5) is 13.1. The Kier molecular flexibility index (Phi) is 7.18. The molecular formula is C28H42N4O2. The van der Waals surface area contributed by atoms with Crippen LogP contribution < -0.4 is 5.32 Å². The summed E-state index contributed by atoms with van der Waals surface area (Å²) in [5, 5.41) is 23.1. The van der Waals surface area contributed by atoms with Crippen molar-refractivity contribution in [2.24, 2.45) is 11.8 Å². The highest BCUT2D eigenvalue weighted by Crippen LogP contribution is 2.48. The fourth-order valence-electron chi connectivity index (χ4n) is 5.62. The highest BCUT2D eigenvalue weighted by Gasteiger charge is 2.40. The van der Waals surface area contributed by atoms with Gasteiger partial charge in [0, 0.05) is 30.0 Å². The van der Waals surface area contributed by atoms with Crippen molar-refractivity contribution in [3.05, 3.63) is 41.0 Å². The molecule has 1 aromatic carbocycles. The van der Waals surface area contributed by atoms with Crippen molar-refractivity contribution in [3.8, 4) is 0 Å². The number of aromatic nitrogens is 3. The molecule has 1 amide bonds. The van der Waals surface area contributed by atoms with Crippen LogP contribution in [0, 0.1) is 25.7 Å². The molecule has 2 fully saturated rings. The van der Waals surface area contributed by atoms with Crippen LogP contribution >= 0.6 is 0 Å². The number of nitrogens with zero attached hydrogens (tertiary/aromatic N) is 3. The lowest BCUT2D eigenvalue weighted by Crippen LogP contribution is -2.28. The summed E-state index contributed by atoms with van der Waals surface area (Å²) in [6.07, 6.45) is 6.69. The molecule has 2 aliphatic rings. The van der Waals surface area contributed by atoms with Crippen molar-refractivity contribution in [2.45, 2.75) is 110 Å². The van der Waals surface area contributed by atoms with E-state index >= 15 is 0 Å². The monoisotopic (exact) mass is 466 g/mol. The van der Waals surface area contributed by atoms with Gasteiger partial charge in [-0.2, -0.15) is 0 Å². The summed E-state index contributed by atoms with van der Waals surface area (Å²) in [6, 6.07) is 6.49. The van der Waals surface area contributed by atoms with Crippen LogP contribution in [0.25, 0.3) is 0 Å². The maximum absolute atomic E-state index is 13.1. The van der Waals surface area contributed by atoms with E-state index in [9.17, 15) is 9.90 Å². The molecule has 2 N–H and O–H groups in total. The second-order valence-corrected chi connectivity index (χ2v) is 12.0. The topological polar surface area (TPSA) is 80.0 Å². The van der Waals surface area contributed by atoms with E-state index in [2.05, 4.69) is 40.0 Å². The van der Waals surface area contributed by atoms with Crippen molar-refractivity contribution < 1.29 is 9.90 Å². The van der Waals surface area contributed by atoms with Crippen molar-refractivity contribution in [1.82, 2.24) is 14.8 Å². The van der Waals surface area contributed by atoms with Crippen LogP contribution in [0.2, 0.25) is 0 Å². The highest BCUT2D eigenvalue weighted by molar-refractivity contribution is 5.92. The number of anilines is 1. The average molecular weight is 467 g/mol. The molecule has 1 aromatic heterocycles. The molecular weight excluding hydrogens is 424 g/mol. The lowest BCUT2D eigenvalue weighted by molar-refractivity contribution is -0.116. The molecule has 2 aliphatic carbocycles. The molecule has 0 radical (unpaired) electrons. The Morgan fingerprint density at radius 1 is 1.21 bits per heavy atom. The number of aliphatic hydroxyl groups is 1. The third-order valence-corrected chi connectivity index (χ3v) is 7.27. The largest absolute Gasteiger partial charge is 0.390 e. The molecule has 186 valence electrons. The summed E-state index contributed by atoms with van der Waals surface area (Å²) < 4.78 is 2.34. The van der Waals surface area contributed by atoms with Gasteiger partial charge in [-0.15, -0.1) is 10.2 Å². The molecule has 0 bridgehead atoms. The first-order valence-corrected chi connectivity index (χ1v) is 13.0. The van der Waals surface area contributed by atoms with Crippen LogP contribution in [0.15, 0.2) is 18.2 Å². The molecule has 6 nitrogen and oxygen atoms in total. The van der Waals surface area contributed by atoms with Crippen LogP contribution in [0.5, 0.6) is 0 Å². The lowest BCUT2D eigenvalue weighted by Gasteiger charge is -2.36. The molecule has 2 aromatic rings. The Balaban J connectivity index is 1.54. The second kappa shape index (κ2) is 9.80. The zero-order chi connectivity index (χ0) is 24.6. The van der Waals surface area contributed by atoms with Crippen LogP contribution in [-0.4, -0.2) is 31.4 Å². The fourth-order valence-corrected chi connectivity index (χ4v) is 5.62. The number of carbonyl (C=O) groups is 1. The first kappa shape index (κ1) is 24.9. The Bertz CT molecular complexity index is 1010.